The lowest BCUT2D eigenvalue weighted by Crippen LogP contribution is -2.33. The van der Waals surface area contributed by atoms with Gasteiger partial charge < -0.3 is 0 Å². The van der Waals surface area contributed by atoms with Gasteiger partial charge in [0.25, 0.3) is 0 Å². The average molecular weight is 432 g/mol. The average Bonchev–Trinajstić information content (AvgIpc) is 3.26. The molecule has 1 aromatic heterocycles. The van der Waals surface area contributed by atoms with Crippen molar-refractivity contribution in [2.24, 2.45) is 0 Å². The van der Waals surface area contributed by atoms with Crippen molar-refractivity contribution >= 4 is 10.0 Å². The minimum atomic E-state index is -3.76. The summed E-state index contributed by atoms with van der Waals surface area (Å²) < 4.78 is 31.1. The van der Waals surface area contributed by atoms with Crippen molar-refractivity contribution in [2.45, 2.75) is 30.7 Å². The minimum absolute atomic E-state index is 0.175. The summed E-state index contributed by atoms with van der Waals surface area (Å²) in [6.45, 7) is 1.89. The van der Waals surface area contributed by atoms with E-state index >= 15 is 0 Å². The normalized spacial score (nSPS) is 12.5. The zero-order valence-corrected chi connectivity index (χ0v) is 18.2. The fourth-order valence-corrected chi connectivity index (χ4v) is 4.91. The molecule has 1 N–H and O–H groups in total. The molecule has 0 radical (unpaired) electrons. The molecule has 31 heavy (non-hydrogen) atoms. The van der Waals surface area contributed by atoms with E-state index in [1.54, 1.807) is 10.9 Å². The van der Waals surface area contributed by atoms with Gasteiger partial charge in [0.2, 0.25) is 10.0 Å². The Balaban J connectivity index is 1.62. The second kappa shape index (κ2) is 9.29. The third-order valence-corrected chi connectivity index (χ3v) is 6.69. The molecule has 0 saturated carbocycles. The van der Waals surface area contributed by atoms with E-state index in [-0.39, 0.29) is 10.9 Å². The number of hydrogen-bond acceptors (Lipinski definition) is 3. The largest absolute Gasteiger partial charge is 0.244 e. The van der Waals surface area contributed by atoms with Crippen LogP contribution in [0.4, 0.5) is 0 Å². The van der Waals surface area contributed by atoms with Crippen molar-refractivity contribution in [3.63, 3.8) is 0 Å². The maximum Gasteiger partial charge on any atom is 0.244 e. The summed E-state index contributed by atoms with van der Waals surface area (Å²) in [5.74, 6) is 0. The molecule has 1 atom stereocenters. The molecule has 6 heteroatoms. The number of aryl methyl sites for hydroxylation is 1. The third-order valence-electron chi connectivity index (χ3n) is 5.10. The summed E-state index contributed by atoms with van der Waals surface area (Å²) in [5.41, 5.74) is 3.19. The number of para-hydroxylation sites is 1. The van der Waals surface area contributed by atoms with Gasteiger partial charge in [-0.05, 0) is 37.5 Å². The predicted molar refractivity (Wildman–Crippen MR) is 124 cm³/mol. The lowest BCUT2D eigenvalue weighted by molar-refractivity contribution is 0.547. The molecular formula is C25H25N3O2S. The van der Waals surface area contributed by atoms with Crippen LogP contribution < -0.4 is 4.72 Å². The third kappa shape index (κ3) is 5.10. The SMILES string of the molecule is CC(CCc1ccccc1)NS(=O)(=O)c1cn(-c2ccccc2)nc1-c1ccccc1. The summed E-state index contributed by atoms with van der Waals surface area (Å²) in [5, 5.41) is 4.62. The first-order valence-electron chi connectivity index (χ1n) is 10.3. The molecule has 0 fully saturated rings. The molecule has 1 heterocycles. The van der Waals surface area contributed by atoms with E-state index < -0.39 is 10.0 Å². The Morgan fingerprint density at radius 2 is 1.45 bits per heavy atom. The maximum absolute atomic E-state index is 13.3. The molecule has 0 spiro atoms. The minimum Gasteiger partial charge on any atom is -0.239 e. The number of sulfonamides is 1. The van der Waals surface area contributed by atoms with Crippen LogP contribution in [-0.2, 0) is 16.4 Å². The molecule has 0 saturated heterocycles. The Hall–Kier alpha value is -3.22. The van der Waals surface area contributed by atoms with Crippen molar-refractivity contribution in [2.75, 3.05) is 0 Å². The fourth-order valence-electron chi connectivity index (χ4n) is 3.48. The Morgan fingerprint density at radius 3 is 2.10 bits per heavy atom. The summed E-state index contributed by atoms with van der Waals surface area (Å²) in [7, 11) is -3.76. The Kier molecular flexibility index (Phi) is 6.30. The molecule has 0 aliphatic rings. The Labute approximate surface area is 183 Å². The van der Waals surface area contributed by atoms with Crippen molar-refractivity contribution in [1.29, 1.82) is 0 Å². The van der Waals surface area contributed by atoms with Gasteiger partial charge >= 0.3 is 0 Å². The van der Waals surface area contributed by atoms with Crippen LogP contribution in [0.5, 0.6) is 0 Å². The zero-order valence-electron chi connectivity index (χ0n) is 17.3. The fraction of sp³-hybridized carbons (Fsp3) is 0.160. The van der Waals surface area contributed by atoms with Crippen molar-refractivity contribution in [1.82, 2.24) is 14.5 Å². The summed E-state index contributed by atoms with van der Waals surface area (Å²) >= 11 is 0. The van der Waals surface area contributed by atoms with Gasteiger partial charge in [-0.2, -0.15) is 5.10 Å². The van der Waals surface area contributed by atoms with Gasteiger partial charge in [0.05, 0.1) is 11.9 Å². The lowest BCUT2D eigenvalue weighted by atomic mass is 10.1. The Bertz CT molecular complexity index is 1220. The highest BCUT2D eigenvalue weighted by Crippen LogP contribution is 2.27. The molecule has 0 aliphatic heterocycles. The smallest absolute Gasteiger partial charge is 0.239 e. The summed E-state index contributed by atoms with van der Waals surface area (Å²) in [4.78, 5) is 0.175. The van der Waals surface area contributed by atoms with Gasteiger partial charge in [-0.1, -0.05) is 78.9 Å². The molecule has 5 nitrogen and oxygen atoms in total. The monoisotopic (exact) mass is 431 g/mol. The first-order chi connectivity index (χ1) is 15.0. The van der Waals surface area contributed by atoms with Crippen LogP contribution in [0.15, 0.2) is 102 Å². The molecule has 4 rings (SSSR count). The van der Waals surface area contributed by atoms with Crippen LogP contribution in [0.3, 0.4) is 0 Å². The van der Waals surface area contributed by atoms with Crippen LogP contribution in [0.25, 0.3) is 16.9 Å². The topological polar surface area (TPSA) is 64.0 Å². The highest BCUT2D eigenvalue weighted by molar-refractivity contribution is 7.89. The standard InChI is InChI=1S/C25H25N3O2S/c1-20(17-18-21-11-5-2-6-12-21)27-31(29,30)24-19-28(23-15-9-4-10-16-23)26-25(24)22-13-7-3-8-14-22/h2-16,19-20,27H,17-18H2,1H3. The van der Waals surface area contributed by atoms with E-state index in [9.17, 15) is 8.42 Å². The van der Waals surface area contributed by atoms with E-state index in [0.717, 1.165) is 17.7 Å². The van der Waals surface area contributed by atoms with E-state index in [0.29, 0.717) is 12.1 Å². The zero-order chi connectivity index (χ0) is 21.7. The molecule has 4 aromatic rings. The maximum atomic E-state index is 13.3. The van der Waals surface area contributed by atoms with Crippen LogP contribution >= 0.6 is 0 Å². The molecule has 3 aromatic carbocycles. The molecule has 0 amide bonds. The first kappa shape index (κ1) is 21.0. The first-order valence-corrected chi connectivity index (χ1v) is 11.8. The summed E-state index contributed by atoms with van der Waals surface area (Å²) in [6.07, 6.45) is 3.10. The lowest BCUT2D eigenvalue weighted by Gasteiger charge is -2.14. The molecule has 0 bridgehead atoms. The van der Waals surface area contributed by atoms with Crippen LogP contribution in [0.2, 0.25) is 0 Å². The van der Waals surface area contributed by atoms with Gasteiger partial charge in [0, 0.05) is 11.6 Å². The highest BCUT2D eigenvalue weighted by Gasteiger charge is 2.25. The van der Waals surface area contributed by atoms with E-state index in [1.165, 1.54) is 5.56 Å². The van der Waals surface area contributed by atoms with Crippen molar-refractivity contribution in [3.8, 4) is 16.9 Å². The predicted octanol–water partition coefficient (Wildman–Crippen LogP) is 4.84. The van der Waals surface area contributed by atoms with Gasteiger partial charge in [0.1, 0.15) is 10.6 Å². The summed E-state index contributed by atoms with van der Waals surface area (Å²) in [6, 6.07) is 28.8. The van der Waals surface area contributed by atoms with Crippen molar-refractivity contribution in [3.05, 3.63) is 103 Å². The number of benzene rings is 3. The number of nitrogens with zero attached hydrogens (tertiary/aromatic N) is 2. The van der Waals surface area contributed by atoms with E-state index in [2.05, 4.69) is 22.0 Å². The number of aromatic nitrogens is 2. The molecular weight excluding hydrogens is 406 g/mol. The second-order valence-corrected chi connectivity index (χ2v) is 9.22. The molecule has 0 aliphatic carbocycles. The molecule has 158 valence electrons. The van der Waals surface area contributed by atoms with E-state index in [1.807, 2.05) is 85.8 Å². The van der Waals surface area contributed by atoms with Crippen LogP contribution in [0, 0.1) is 0 Å². The quantitative estimate of drug-likeness (QED) is 0.434. The second-order valence-electron chi connectivity index (χ2n) is 7.53. The van der Waals surface area contributed by atoms with Crippen LogP contribution in [-0.4, -0.2) is 24.2 Å². The van der Waals surface area contributed by atoms with E-state index in [4.69, 9.17) is 0 Å². The Morgan fingerprint density at radius 1 is 0.871 bits per heavy atom. The van der Waals surface area contributed by atoms with Gasteiger partial charge in [0.15, 0.2) is 0 Å². The van der Waals surface area contributed by atoms with Crippen LogP contribution in [0.1, 0.15) is 18.9 Å². The highest BCUT2D eigenvalue weighted by atomic mass is 32.2. The number of hydrogen-bond donors (Lipinski definition) is 1. The molecule has 1 unspecified atom stereocenters. The van der Waals surface area contributed by atoms with Gasteiger partial charge in [-0.3, -0.25) is 0 Å². The number of rotatable bonds is 8. The van der Waals surface area contributed by atoms with Gasteiger partial charge in [-0.15, -0.1) is 0 Å². The number of nitrogens with one attached hydrogen (secondary N) is 1. The van der Waals surface area contributed by atoms with Crippen molar-refractivity contribution < 1.29 is 8.42 Å². The van der Waals surface area contributed by atoms with Gasteiger partial charge in [-0.25, -0.2) is 17.8 Å².